The normalized spacial score (nSPS) is 11.4. The van der Waals surface area contributed by atoms with Gasteiger partial charge in [-0.15, -0.1) is 11.3 Å². The lowest BCUT2D eigenvalue weighted by Gasteiger charge is -2.00. The first-order chi connectivity index (χ1) is 7.87. The van der Waals surface area contributed by atoms with Crippen LogP contribution in [0.5, 0.6) is 0 Å². The fourth-order valence-corrected chi connectivity index (χ4v) is 2.33. The Hall–Kier alpha value is -1.15. The van der Waals surface area contributed by atoms with Crippen molar-refractivity contribution in [3.05, 3.63) is 11.1 Å². The number of hydrogen-bond donors (Lipinski definition) is 2. The van der Waals surface area contributed by atoms with Gasteiger partial charge in [0, 0.05) is 24.6 Å². The van der Waals surface area contributed by atoms with Crippen LogP contribution in [0.3, 0.4) is 0 Å². The Morgan fingerprint density at radius 2 is 2.29 bits per heavy atom. The number of carboxylic acid groups (broad SMARTS) is 1. The second kappa shape index (κ2) is 5.97. The highest BCUT2D eigenvalue weighted by molar-refractivity contribution is 7.90. The molecule has 8 heteroatoms. The zero-order valence-corrected chi connectivity index (χ0v) is 11.0. The molecule has 0 aliphatic heterocycles. The molecule has 0 radical (unpaired) electrons. The van der Waals surface area contributed by atoms with Crippen molar-refractivity contribution in [3.63, 3.8) is 0 Å². The summed E-state index contributed by atoms with van der Waals surface area (Å²) in [4.78, 5) is 14.5. The predicted molar refractivity (Wildman–Crippen MR) is 66.3 cm³/mol. The van der Waals surface area contributed by atoms with Crippen molar-refractivity contribution in [2.75, 3.05) is 23.9 Å². The molecule has 2 N–H and O–H groups in total. The fourth-order valence-electron chi connectivity index (χ4n) is 1.08. The summed E-state index contributed by atoms with van der Waals surface area (Å²) in [5.41, 5.74) is 0.708. The summed E-state index contributed by atoms with van der Waals surface area (Å²) in [6, 6.07) is 0. The van der Waals surface area contributed by atoms with Crippen molar-refractivity contribution in [1.82, 2.24) is 4.98 Å². The van der Waals surface area contributed by atoms with Gasteiger partial charge in [0.1, 0.15) is 9.84 Å². The van der Waals surface area contributed by atoms with Gasteiger partial charge in [-0.05, 0) is 0 Å². The highest BCUT2D eigenvalue weighted by Crippen LogP contribution is 2.16. The van der Waals surface area contributed by atoms with Gasteiger partial charge in [-0.2, -0.15) is 0 Å². The maximum Gasteiger partial charge on any atom is 0.303 e. The molecule has 1 rings (SSSR count). The average molecular weight is 278 g/mol. The van der Waals surface area contributed by atoms with Crippen LogP contribution in [-0.2, 0) is 21.1 Å². The number of thiazole rings is 1. The summed E-state index contributed by atoms with van der Waals surface area (Å²) >= 11 is 1.34. The lowest BCUT2D eigenvalue weighted by molar-refractivity contribution is -0.136. The number of anilines is 1. The first-order valence-corrected chi connectivity index (χ1v) is 7.88. The zero-order valence-electron chi connectivity index (χ0n) is 9.34. The zero-order chi connectivity index (χ0) is 12.9. The number of aryl methyl sites for hydroxylation is 1. The molecule has 0 spiro atoms. The molecule has 0 aromatic carbocycles. The van der Waals surface area contributed by atoms with Crippen LogP contribution in [0.15, 0.2) is 5.38 Å². The van der Waals surface area contributed by atoms with Crippen LogP contribution in [0.25, 0.3) is 0 Å². The quantitative estimate of drug-likeness (QED) is 0.759. The van der Waals surface area contributed by atoms with Gasteiger partial charge in [-0.3, -0.25) is 4.79 Å². The van der Waals surface area contributed by atoms with E-state index in [4.69, 9.17) is 5.11 Å². The van der Waals surface area contributed by atoms with E-state index < -0.39 is 15.8 Å². The topological polar surface area (TPSA) is 96.4 Å². The van der Waals surface area contributed by atoms with Crippen molar-refractivity contribution in [1.29, 1.82) is 0 Å². The third kappa shape index (κ3) is 6.22. The van der Waals surface area contributed by atoms with Crippen LogP contribution in [0.4, 0.5) is 5.13 Å². The van der Waals surface area contributed by atoms with E-state index in [0.717, 1.165) is 0 Å². The molecule has 0 aliphatic rings. The van der Waals surface area contributed by atoms with Crippen molar-refractivity contribution < 1.29 is 18.3 Å². The fraction of sp³-hybridized carbons (Fsp3) is 0.556. The summed E-state index contributed by atoms with van der Waals surface area (Å²) in [6.45, 7) is 0.310. The van der Waals surface area contributed by atoms with E-state index in [-0.39, 0.29) is 12.2 Å². The number of carbonyl (C=O) groups is 1. The largest absolute Gasteiger partial charge is 0.481 e. The third-order valence-corrected chi connectivity index (χ3v) is 3.69. The standard InChI is InChI=1S/C9H14N2O4S2/c1-17(14,15)5-4-10-9-11-7(6-16-9)2-3-8(12)13/h6H,2-5H2,1H3,(H,10,11)(H,12,13). The second-order valence-electron chi connectivity index (χ2n) is 3.59. The van der Waals surface area contributed by atoms with Gasteiger partial charge in [-0.1, -0.05) is 0 Å². The van der Waals surface area contributed by atoms with Gasteiger partial charge >= 0.3 is 5.97 Å². The number of aliphatic carboxylic acids is 1. The maximum absolute atomic E-state index is 10.9. The minimum atomic E-state index is -2.97. The molecule has 96 valence electrons. The van der Waals surface area contributed by atoms with E-state index in [2.05, 4.69) is 10.3 Å². The summed E-state index contributed by atoms with van der Waals surface area (Å²) in [5, 5.41) is 13.8. The smallest absolute Gasteiger partial charge is 0.303 e. The Morgan fingerprint density at radius 3 is 2.88 bits per heavy atom. The van der Waals surface area contributed by atoms with Crippen LogP contribution in [-0.4, -0.2) is 43.0 Å². The van der Waals surface area contributed by atoms with E-state index >= 15 is 0 Å². The Bertz CT molecular complexity index is 481. The van der Waals surface area contributed by atoms with E-state index in [1.807, 2.05) is 0 Å². The van der Waals surface area contributed by atoms with Gasteiger partial charge in [0.2, 0.25) is 0 Å². The lowest BCUT2D eigenvalue weighted by Crippen LogP contribution is -2.13. The molecule has 0 unspecified atom stereocenters. The van der Waals surface area contributed by atoms with Crippen molar-refractivity contribution in [3.8, 4) is 0 Å². The molecule has 0 saturated heterocycles. The number of aromatic nitrogens is 1. The van der Waals surface area contributed by atoms with E-state index in [1.54, 1.807) is 5.38 Å². The Balaban J connectivity index is 2.38. The number of rotatable bonds is 7. The monoisotopic (exact) mass is 278 g/mol. The van der Waals surface area contributed by atoms with Crippen LogP contribution in [0.1, 0.15) is 12.1 Å². The summed E-state index contributed by atoms with van der Waals surface area (Å²) in [6.07, 6.45) is 1.61. The minimum Gasteiger partial charge on any atom is -0.481 e. The van der Waals surface area contributed by atoms with Gasteiger partial charge in [-0.25, -0.2) is 13.4 Å². The molecular formula is C9H14N2O4S2. The maximum atomic E-state index is 10.9. The molecular weight excluding hydrogens is 264 g/mol. The Labute approximate surface area is 104 Å². The van der Waals surface area contributed by atoms with Crippen LogP contribution >= 0.6 is 11.3 Å². The summed E-state index contributed by atoms with van der Waals surface area (Å²) in [7, 11) is -2.97. The average Bonchev–Trinajstić information content (AvgIpc) is 2.61. The molecule has 0 bridgehead atoms. The van der Waals surface area contributed by atoms with E-state index in [9.17, 15) is 13.2 Å². The number of nitrogens with one attached hydrogen (secondary N) is 1. The van der Waals surface area contributed by atoms with Gasteiger partial charge < -0.3 is 10.4 Å². The van der Waals surface area contributed by atoms with Crippen LogP contribution < -0.4 is 5.32 Å². The first kappa shape index (κ1) is 13.9. The Kier molecular flexibility index (Phi) is 4.88. The SMILES string of the molecule is CS(=O)(=O)CCNc1nc(CCC(=O)O)cs1. The predicted octanol–water partition coefficient (Wildman–Crippen LogP) is 0.617. The van der Waals surface area contributed by atoms with Gasteiger partial charge in [0.05, 0.1) is 17.9 Å². The highest BCUT2D eigenvalue weighted by Gasteiger charge is 2.06. The van der Waals surface area contributed by atoms with Crippen LogP contribution in [0.2, 0.25) is 0 Å². The molecule has 0 aliphatic carbocycles. The third-order valence-electron chi connectivity index (χ3n) is 1.90. The summed E-state index contributed by atoms with van der Waals surface area (Å²) in [5.74, 6) is -0.804. The molecule has 0 amide bonds. The molecule has 6 nitrogen and oxygen atoms in total. The molecule has 17 heavy (non-hydrogen) atoms. The first-order valence-electron chi connectivity index (χ1n) is 4.94. The summed E-state index contributed by atoms with van der Waals surface area (Å²) < 4.78 is 21.8. The van der Waals surface area contributed by atoms with Crippen molar-refractivity contribution in [2.45, 2.75) is 12.8 Å². The number of sulfone groups is 1. The molecule has 1 aromatic heterocycles. The highest BCUT2D eigenvalue weighted by atomic mass is 32.2. The van der Waals surface area contributed by atoms with Crippen LogP contribution in [0, 0.1) is 0 Å². The lowest BCUT2D eigenvalue weighted by atomic mass is 10.2. The van der Waals surface area contributed by atoms with E-state index in [1.165, 1.54) is 17.6 Å². The van der Waals surface area contributed by atoms with Gasteiger partial charge in [0.25, 0.3) is 0 Å². The molecule has 0 fully saturated rings. The molecule has 0 atom stereocenters. The molecule has 1 aromatic rings. The van der Waals surface area contributed by atoms with Crippen molar-refractivity contribution in [2.24, 2.45) is 0 Å². The number of nitrogens with zero attached hydrogens (tertiary/aromatic N) is 1. The molecule has 0 saturated carbocycles. The van der Waals surface area contributed by atoms with Crippen molar-refractivity contribution >= 4 is 32.3 Å². The van der Waals surface area contributed by atoms with E-state index in [0.29, 0.717) is 23.8 Å². The number of hydrogen-bond acceptors (Lipinski definition) is 6. The minimum absolute atomic E-state index is 0.0481. The Morgan fingerprint density at radius 1 is 1.59 bits per heavy atom. The van der Waals surface area contributed by atoms with Gasteiger partial charge in [0.15, 0.2) is 5.13 Å². The molecule has 1 heterocycles. The number of carboxylic acids is 1. The second-order valence-corrected chi connectivity index (χ2v) is 6.71.